The number of hydrogen-bond donors (Lipinski definition) is 0. The van der Waals surface area contributed by atoms with Gasteiger partial charge < -0.3 is 0 Å². The van der Waals surface area contributed by atoms with Crippen molar-refractivity contribution >= 4 is 21.7 Å². The van der Waals surface area contributed by atoms with E-state index in [-0.39, 0.29) is 5.41 Å². The number of halogens is 1. The van der Waals surface area contributed by atoms with Crippen molar-refractivity contribution in [1.82, 2.24) is 0 Å². The average Bonchev–Trinajstić information content (AvgIpc) is 2.53. The fourth-order valence-corrected chi connectivity index (χ4v) is 4.03. The van der Waals surface area contributed by atoms with Gasteiger partial charge in [0.15, 0.2) is 5.78 Å². The number of rotatable bonds is 0. The second-order valence-electron chi connectivity index (χ2n) is 5.79. The van der Waals surface area contributed by atoms with Gasteiger partial charge >= 0.3 is 0 Å². The molecule has 1 aromatic carbocycles. The Kier molecular flexibility index (Phi) is 2.66. The third-order valence-electron chi connectivity index (χ3n) is 4.42. The number of ketones is 1. The van der Waals surface area contributed by atoms with E-state index in [2.05, 4.69) is 35.0 Å². The summed E-state index contributed by atoms with van der Waals surface area (Å²) in [7, 11) is 0. The molecular formula is C15H17BrO. The third kappa shape index (κ3) is 1.77. The summed E-state index contributed by atoms with van der Waals surface area (Å²) >= 11 is 3.46. The lowest BCUT2D eigenvalue weighted by Crippen LogP contribution is -2.33. The molecule has 0 aliphatic heterocycles. The van der Waals surface area contributed by atoms with Crippen molar-refractivity contribution in [2.24, 2.45) is 11.3 Å². The minimum Gasteiger partial charge on any atom is -0.294 e. The largest absolute Gasteiger partial charge is 0.294 e. The minimum absolute atomic E-state index is 0.0548. The van der Waals surface area contributed by atoms with Gasteiger partial charge in [0, 0.05) is 15.5 Å². The molecule has 2 heteroatoms. The van der Waals surface area contributed by atoms with E-state index in [9.17, 15) is 4.79 Å². The molecule has 1 aromatic rings. The normalized spacial score (nSPS) is 31.9. The highest BCUT2D eigenvalue weighted by atomic mass is 79.9. The number of benzene rings is 1. The Labute approximate surface area is 111 Å². The molecule has 17 heavy (non-hydrogen) atoms. The first-order valence-corrected chi connectivity index (χ1v) is 7.23. The Bertz CT molecular complexity index is 480. The molecule has 0 radical (unpaired) electrons. The first-order valence-electron chi connectivity index (χ1n) is 6.44. The van der Waals surface area contributed by atoms with Gasteiger partial charge in [0.2, 0.25) is 0 Å². The van der Waals surface area contributed by atoms with Crippen LogP contribution in [0.2, 0.25) is 0 Å². The van der Waals surface area contributed by atoms with Crippen LogP contribution in [-0.4, -0.2) is 5.78 Å². The van der Waals surface area contributed by atoms with Gasteiger partial charge in [0.1, 0.15) is 0 Å². The summed E-state index contributed by atoms with van der Waals surface area (Å²) in [6, 6.07) is 6.18. The summed E-state index contributed by atoms with van der Waals surface area (Å²) in [6.07, 6.45) is 5.64. The highest BCUT2D eigenvalue weighted by molar-refractivity contribution is 9.10. The SMILES string of the molecule is C[C@H]1CCC[C@]2(Cc3ccc(Br)cc3C2=O)C1. The quantitative estimate of drug-likeness (QED) is 0.693. The lowest BCUT2D eigenvalue weighted by molar-refractivity contribution is 0.0696. The lowest BCUT2D eigenvalue weighted by Gasteiger charge is -2.35. The molecule has 0 heterocycles. The highest BCUT2D eigenvalue weighted by Crippen LogP contribution is 2.49. The van der Waals surface area contributed by atoms with Gasteiger partial charge in [0.25, 0.3) is 0 Å². The summed E-state index contributed by atoms with van der Waals surface area (Å²) in [5.41, 5.74) is 2.17. The van der Waals surface area contributed by atoms with E-state index in [1.165, 1.54) is 18.4 Å². The second-order valence-corrected chi connectivity index (χ2v) is 6.70. The van der Waals surface area contributed by atoms with Gasteiger partial charge in [-0.25, -0.2) is 0 Å². The fourth-order valence-electron chi connectivity index (χ4n) is 3.67. The van der Waals surface area contributed by atoms with Gasteiger partial charge in [0.05, 0.1) is 0 Å². The van der Waals surface area contributed by atoms with Crippen molar-refractivity contribution in [3.63, 3.8) is 0 Å². The lowest BCUT2D eigenvalue weighted by atomic mass is 9.68. The van der Waals surface area contributed by atoms with E-state index in [0.717, 1.165) is 29.3 Å². The molecular weight excluding hydrogens is 276 g/mol. The molecule has 2 atom stereocenters. The number of hydrogen-bond acceptors (Lipinski definition) is 1. The van der Waals surface area contributed by atoms with Crippen LogP contribution in [0.3, 0.4) is 0 Å². The van der Waals surface area contributed by atoms with Crippen LogP contribution >= 0.6 is 15.9 Å². The van der Waals surface area contributed by atoms with E-state index in [1.807, 2.05) is 6.07 Å². The number of carbonyl (C=O) groups is 1. The predicted molar refractivity (Wildman–Crippen MR) is 72.2 cm³/mol. The molecule has 90 valence electrons. The molecule has 0 unspecified atom stereocenters. The summed E-state index contributed by atoms with van der Waals surface area (Å²) in [5, 5.41) is 0. The van der Waals surface area contributed by atoms with Gasteiger partial charge in [-0.3, -0.25) is 4.79 Å². The summed E-state index contributed by atoms with van der Waals surface area (Å²) in [5.74, 6) is 1.10. The van der Waals surface area contributed by atoms with E-state index in [0.29, 0.717) is 11.7 Å². The Balaban J connectivity index is 2.00. The third-order valence-corrected chi connectivity index (χ3v) is 4.91. The standard InChI is InChI=1S/C15H17BrO/c1-10-3-2-6-15(8-10)9-11-4-5-12(16)7-13(11)14(15)17/h4-5,7,10H,2-3,6,8-9H2,1H3/t10-,15+/m0/s1. The maximum Gasteiger partial charge on any atom is 0.169 e. The van der Waals surface area contributed by atoms with Crippen molar-refractivity contribution < 1.29 is 4.79 Å². The Hall–Kier alpha value is -0.630. The van der Waals surface area contributed by atoms with E-state index >= 15 is 0 Å². The molecule has 0 saturated heterocycles. The number of carbonyl (C=O) groups excluding carboxylic acids is 1. The Morgan fingerprint density at radius 1 is 1.41 bits per heavy atom. The Morgan fingerprint density at radius 3 is 3.00 bits per heavy atom. The molecule has 0 bridgehead atoms. The highest BCUT2D eigenvalue weighted by Gasteiger charge is 2.47. The number of Topliss-reactive ketones (excluding diaryl/α,β-unsaturated/α-hetero) is 1. The van der Waals surface area contributed by atoms with Crippen LogP contribution in [0.5, 0.6) is 0 Å². The first kappa shape index (κ1) is 11.5. The van der Waals surface area contributed by atoms with Gasteiger partial charge in [-0.15, -0.1) is 0 Å². The van der Waals surface area contributed by atoms with Crippen molar-refractivity contribution in [2.75, 3.05) is 0 Å². The van der Waals surface area contributed by atoms with Crippen LogP contribution in [-0.2, 0) is 6.42 Å². The maximum absolute atomic E-state index is 12.7. The summed E-state index contributed by atoms with van der Waals surface area (Å²) in [6.45, 7) is 2.28. The van der Waals surface area contributed by atoms with E-state index in [1.54, 1.807) is 0 Å². The van der Waals surface area contributed by atoms with Crippen molar-refractivity contribution in [1.29, 1.82) is 0 Å². The molecule has 0 N–H and O–H groups in total. The van der Waals surface area contributed by atoms with Gasteiger partial charge in [-0.1, -0.05) is 41.8 Å². The van der Waals surface area contributed by atoms with Gasteiger partial charge in [-0.2, -0.15) is 0 Å². The molecule has 2 aliphatic carbocycles. The van der Waals surface area contributed by atoms with Crippen LogP contribution in [0.4, 0.5) is 0 Å². The molecule has 1 spiro atoms. The van der Waals surface area contributed by atoms with Crippen molar-refractivity contribution in [2.45, 2.75) is 39.0 Å². The molecule has 1 fully saturated rings. The summed E-state index contributed by atoms with van der Waals surface area (Å²) in [4.78, 5) is 12.7. The zero-order chi connectivity index (χ0) is 12.0. The molecule has 2 aliphatic rings. The van der Waals surface area contributed by atoms with Crippen LogP contribution in [0.25, 0.3) is 0 Å². The minimum atomic E-state index is -0.0548. The van der Waals surface area contributed by atoms with Crippen molar-refractivity contribution in [3.05, 3.63) is 33.8 Å². The molecule has 3 rings (SSSR count). The first-order chi connectivity index (χ1) is 8.11. The predicted octanol–water partition coefficient (Wildman–Crippen LogP) is 4.38. The average molecular weight is 293 g/mol. The zero-order valence-corrected chi connectivity index (χ0v) is 11.7. The summed E-state index contributed by atoms with van der Waals surface area (Å²) < 4.78 is 1.02. The zero-order valence-electron chi connectivity index (χ0n) is 10.1. The fraction of sp³-hybridized carbons (Fsp3) is 0.533. The van der Waals surface area contributed by atoms with Crippen LogP contribution in [0, 0.1) is 11.3 Å². The topological polar surface area (TPSA) is 17.1 Å². The monoisotopic (exact) mass is 292 g/mol. The molecule has 1 nitrogen and oxygen atoms in total. The molecule has 0 amide bonds. The van der Waals surface area contributed by atoms with Gasteiger partial charge in [-0.05, 0) is 42.9 Å². The van der Waals surface area contributed by atoms with Crippen LogP contribution in [0.15, 0.2) is 22.7 Å². The second kappa shape index (κ2) is 3.94. The smallest absolute Gasteiger partial charge is 0.169 e. The molecule has 0 aromatic heterocycles. The van der Waals surface area contributed by atoms with E-state index in [4.69, 9.17) is 0 Å². The van der Waals surface area contributed by atoms with Crippen molar-refractivity contribution in [3.8, 4) is 0 Å². The number of fused-ring (bicyclic) bond motifs is 1. The van der Waals surface area contributed by atoms with Crippen LogP contribution < -0.4 is 0 Å². The van der Waals surface area contributed by atoms with Crippen LogP contribution in [0.1, 0.15) is 48.5 Å². The Morgan fingerprint density at radius 2 is 2.24 bits per heavy atom. The maximum atomic E-state index is 12.7. The molecule has 1 saturated carbocycles. The van der Waals surface area contributed by atoms with E-state index < -0.39 is 0 Å².